The summed E-state index contributed by atoms with van der Waals surface area (Å²) in [5.41, 5.74) is 2.18. The normalized spacial score (nSPS) is 23.7. The van der Waals surface area contributed by atoms with E-state index < -0.39 is 0 Å². The highest BCUT2D eigenvalue weighted by Gasteiger charge is 2.26. The van der Waals surface area contributed by atoms with Crippen LogP contribution in [0.3, 0.4) is 0 Å². The van der Waals surface area contributed by atoms with Gasteiger partial charge in [-0.1, -0.05) is 6.92 Å². The van der Waals surface area contributed by atoms with Gasteiger partial charge in [-0.15, -0.1) is 0 Å². The minimum absolute atomic E-state index is 0.133. The van der Waals surface area contributed by atoms with E-state index in [1.54, 1.807) is 0 Å². The molecule has 1 amide bonds. The van der Waals surface area contributed by atoms with Crippen LogP contribution in [0.4, 0.5) is 11.4 Å². The maximum Gasteiger partial charge on any atom is 0.228 e. The number of hydrogen-bond acceptors (Lipinski definition) is 3. The Labute approximate surface area is 133 Å². The topological polar surface area (TPSA) is 35.6 Å². The number of anilines is 2. The fourth-order valence-corrected chi connectivity index (χ4v) is 3.42. The van der Waals surface area contributed by atoms with E-state index >= 15 is 0 Å². The lowest BCUT2D eigenvalue weighted by molar-refractivity contribution is -0.119. The average Bonchev–Trinajstić information content (AvgIpc) is 2.96. The first kappa shape index (κ1) is 15.3. The van der Waals surface area contributed by atoms with Crippen LogP contribution in [-0.4, -0.2) is 44.0 Å². The third-order valence-corrected chi connectivity index (χ3v) is 5.05. The van der Waals surface area contributed by atoms with E-state index in [1.807, 2.05) is 12.1 Å². The molecule has 0 aliphatic carbocycles. The van der Waals surface area contributed by atoms with Gasteiger partial charge in [0.15, 0.2) is 0 Å². The molecule has 3 rings (SSSR count). The number of nitrogens with one attached hydrogen (secondary N) is 1. The van der Waals surface area contributed by atoms with Crippen LogP contribution in [0.2, 0.25) is 0 Å². The Balaban J connectivity index is 1.56. The summed E-state index contributed by atoms with van der Waals surface area (Å²) in [5.74, 6) is 1.14. The summed E-state index contributed by atoms with van der Waals surface area (Å²) in [5, 5.41) is 3.06. The van der Waals surface area contributed by atoms with Crippen molar-refractivity contribution in [1.29, 1.82) is 0 Å². The van der Waals surface area contributed by atoms with Crippen molar-refractivity contribution in [2.75, 3.05) is 43.4 Å². The van der Waals surface area contributed by atoms with E-state index in [0.29, 0.717) is 0 Å². The zero-order valence-electron chi connectivity index (χ0n) is 13.7. The zero-order chi connectivity index (χ0) is 15.5. The second-order valence-corrected chi connectivity index (χ2v) is 6.95. The van der Waals surface area contributed by atoms with Gasteiger partial charge in [0.25, 0.3) is 0 Å². The van der Waals surface area contributed by atoms with Crippen molar-refractivity contribution in [2.24, 2.45) is 11.8 Å². The molecule has 4 heteroatoms. The van der Waals surface area contributed by atoms with Gasteiger partial charge < -0.3 is 15.1 Å². The molecule has 0 aromatic heterocycles. The van der Waals surface area contributed by atoms with Gasteiger partial charge in [0.05, 0.1) is 5.92 Å². The van der Waals surface area contributed by atoms with Gasteiger partial charge in [0.1, 0.15) is 0 Å². The van der Waals surface area contributed by atoms with Crippen LogP contribution >= 0.6 is 0 Å². The van der Waals surface area contributed by atoms with E-state index in [1.165, 1.54) is 18.5 Å². The zero-order valence-corrected chi connectivity index (χ0v) is 13.7. The summed E-state index contributed by atoms with van der Waals surface area (Å²) < 4.78 is 0. The molecule has 2 fully saturated rings. The number of nitrogens with zero attached hydrogens (tertiary/aromatic N) is 2. The van der Waals surface area contributed by atoms with Crippen LogP contribution in [0.5, 0.6) is 0 Å². The molecule has 1 aromatic rings. The van der Waals surface area contributed by atoms with E-state index in [-0.39, 0.29) is 11.8 Å². The van der Waals surface area contributed by atoms with E-state index in [9.17, 15) is 4.79 Å². The third-order valence-electron chi connectivity index (χ3n) is 5.05. The standard InChI is InChI=1S/C18H27N3O/c1-14-7-11-21(12-8-14)17-5-3-16(4-6-17)19-18(22)15-9-10-20(2)13-15/h3-6,14-15H,7-13H2,1-2H3,(H,19,22). The smallest absolute Gasteiger partial charge is 0.228 e. The summed E-state index contributed by atoms with van der Waals surface area (Å²) in [6.07, 6.45) is 3.51. The predicted molar refractivity (Wildman–Crippen MR) is 91.3 cm³/mol. The number of likely N-dealkylation sites (tertiary alicyclic amines) is 1. The quantitative estimate of drug-likeness (QED) is 0.932. The van der Waals surface area contributed by atoms with E-state index in [4.69, 9.17) is 0 Å². The Bertz CT molecular complexity index is 506. The molecule has 4 nitrogen and oxygen atoms in total. The number of benzene rings is 1. The first-order chi connectivity index (χ1) is 10.6. The molecule has 22 heavy (non-hydrogen) atoms. The van der Waals surface area contributed by atoms with Crippen LogP contribution in [-0.2, 0) is 4.79 Å². The molecule has 2 aliphatic heterocycles. The average molecular weight is 301 g/mol. The third kappa shape index (κ3) is 3.61. The highest BCUT2D eigenvalue weighted by atomic mass is 16.1. The monoisotopic (exact) mass is 301 g/mol. The molecular formula is C18H27N3O. The lowest BCUT2D eigenvalue weighted by Gasteiger charge is -2.32. The van der Waals surface area contributed by atoms with Crippen LogP contribution in [0.15, 0.2) is 24.3 Å². The van der Waals surface area contributed by atoms with Gasteiger partial charge in [-0.05, 0) is 63.0 Å². The fraction of sp³-hybridized carbons (Fsp3) is 0.611. The lowest BCUT2D eigenvalue weighted by atomic mass is 9.99. The molecule has 120 valence electrons. The molecule has 1 aromatic carbocycles. The van der Waals surface area contributed by atoms with Gasteiger partial charge in [-0.25, -0.2) is 0 Å². The van der Waals surface area contributed by atoms with Crippen molar-refractivity contribution >= 4 is 17.3 Å². The van der Waals surface area contributed by atoms with Gasteiger partial charge in [0, 0.05) is 31.0 Å². The fourth-order valence-electron chi connectivity index (χ4n) is 3.42. The Morgan fingerprint density at radius 1 is 1.09 bits per heavy atom. The highest BCUT2D eigenvalue weighted by Crippen LogP contribution is 2.25. The molecule has 0 bridgehead atoms. The van der Waals surface area contributed by atoms with Crippen molar-refractivity contribution in [3.8, 4) is 0 Å². The van der Waals surface area contributed by atoms with Crippen molar-refractivity contribution in [1.82, 2.24) is 4.90 Å². The summed E-state index contributed by atoms with van der Waals surface area (Å²) in [4.78, 5) is 16.9. The summed E-state index contributed by atoms with van der Waals surface area (Å²) in [6, 6.07) is 8.33. The molecule has 1 N–H and O–H groups in total. The van der Waals surface area contributed by atoms with Gasteiger partial charge in [-0.2, -0.15) is 0 Å². The van der Waals surface area contributed by atoms with Crippen LogP contribution in [0, 0.1) is 11.8 Å². The van der Waals surface area contributed by atoms with Gasteiger partial charge in [-0.3, -0.25) is 4.79 Å². The number of carbonyl (C=O) groups is 1. The Morgan fingerprint density at radius 3 is 2.36 bits per heavy atom. The Kier molecular flexibility index (Phi) is 4.67. The Morgan fingerprint density at radius 2 is 1.77 bits per heavy atom. The second-order valence-electron chi connectivity index (χ2n) is 6.95. The molecule has 2 saturated heterocycles. The number of carbonyl (C=O) groups excluding carboxylic acids is 1. The first-order valence-electron chi connectivity index (χ1n) is 8.46. The van der Waals surface area contributed by atoms with Crippen molar-refractivity contribution in [3.63, 3.8) is 0 Å². The summed E-state index contributed by atoms with van der Waals surface area (Å²) >= 11 is 0. The minimum atomic E-state index is 0.133. The number of rotatable bonds is 3. The summed E-state index contributed by atoms with van der Waals surface area (Å²) in [7, 11) is 2.07. The molecule has 1 atom stereocenters. The van der Waals surface area contributed by atoms with Crippen molar-refractivity contribution < 1.29 is 4.79 Å². The molecule has 0 spiro atoms. The van der Waals surface area contributed by atoms with Gasteiger partial charge in [0.2, 0.25) is 5.91 Å². The number of piperidine rings is 1. The molecular weight excluding hydrogens is 274 g/mol. The van der Waals surface area contributed by atoms with E-state index in [2.05, 4.69) is 41.2 Å². The van der Waals surface area contributed by atoms with Crippen LogP contribution in [0.25, 0.3) is 0 Å². The molecule has 1 unspecified atom stereocenters. The largest absolute Gasteiger partial charge is 0.372 e. The van der Waals surface area contributed by atoms with Crippen molar-refractivity contribution in [3.05, 3.63) is 24.3 Å². The minimum Gasteiger partial charge on any atom is -0.372 e. The number of amides is 1. The van der Waals surface area contributed by atoms with Crippen LogP contribution in [0.1, 0.15) is 26.2 Å². The molecule has 0 radical (unpaired) electrons. The molecule has 2 aliphatic rings. The first-order valence-corrected chi connectivity index (χ1v) is 8.46. The Hall–Kier alpha value is -1.55. The van der Waals surface area contributed by atoms with Gasteiger partial charge >= 0.3 is 0 Å². The van der Waals surface area contributed by atoms with Crippen molar-refractivity contribution in [2.45, 2.75) is 26.2 Å². The molecule has 0 saturated carbocycles. The highest BCUT2D eigenvalue weighted by molar-refractivity contribution is 5.93. The maximum atomic E-state index is 12.2. The number of hydrogen-bond donors (Lipinski definition) is 1. The predicted octanol–water partition coefficient (Wildman–Crippen LogP) is 2.81. The van der Waals surface area contributed by atoms with Crippen LogP contribution < -0.4 is 10.2 Å². The second kappa shape index (κ2) is 6.69. The maximum absolute atomic E-state index is 12.2. The molecule has 2 heterocycles. The summed E-state index contributed by atoms with van der Waals surface area (Å²) in [6.45, 7) is 6.50. The van der Waals surface area contributed by atoms with E-state index in [0.717, 1.165) is 44.2 Å². The lowest BCUT2D eigenvalue weighted by Crippen LogP contribution is -2.32. The SMILES string of the molecule is CC1CCN(c2ccc(NC(=O)C3CCN(C)C3)cc2)CC1.